The Bertz CT molecular complexity index is 568. The molecule has 1 aliphatic rings. The minimum Gasteiger partial charge on any atom is -0.447 e. The molecule has 0 aliphatic carbocycles. The Balaban J connectivity index is 1.66. The zero-order chi connectivity index (χ0) is 17.4. The fraction of sp³-hybridized carbons (Fsp3) is 0.474. The second-order valence-electron chi connectivity index (χ2n) is 6.18. The largest absolute Gasteiger partial charge is 0.447 e. The molecule has 2 amide bonds. The van der Waals surface area contributed by atoms with Gasteiger partial charge in [0.25, 0.3) is 5.91 Å². The molecule has 1 aromatic carbocycles. The van der Waals surface area contributed by atoms with Crippen LogP contribution in [0.1, 0.15) is 32.3 Å². The van der Waals surface area contributed by atoms with Crippen LogP contribution in [0.2, 0.25) is 0 Å². The summed E-state index contributed by atoms with van der Waals surface area (Å²) in [5.41, 5.74) is 1.15. The molecule has 0 saturated carbocycles. The summed E-state index contributed by atoms with van der Waals surface area (Å²) in [6.07, 6.45) is 4.26. The van der Waals surface area contributed by atoms with E-state index in [2.05, 4.69) is 0 Å². The molecular weight excluding hydrogens is 306 g/mol. The summed E-state index contributed by atoms with van der Waals surface area (Å²) < 4.78 is 10.6. The third kappa shape index (κ3) is 5.20. The number of imide groups is 1. The van der Waals surface area contributed by atoms with Gasteiger partial charge in [-0.2, -0.15) is 0 Å². The number of benzene rings is 1. The summed E-state index contributed by atoms with van der Waals surface area (Å²) in [5, 5.41) is 0. The van der Waals surface area contributed by atoms with Crippen LogP contribution in [-0.4, -0.2) is 36.2 Å². The Morgan fingerprint density at radius 3 is 2.83 bits per heavy atom. The summed E-state index contributed by atoms with van der Waals surface area (Å²) in [6, 6.07) is 9.83. The molecule has 0 bridgehead atoms. The van der Waals surface area contributed by atoms with Crippen LogP contribution in [-0.2, 0) is 20.9 Å². The van der Waals surface area contributed by atoms with Crippen molar-refractivity contribution in [2.24, 2.45) is 5.92 Å². The minimum absolute atomic E-state index is 0.177. The van der Waals surface area contributed by atoms with Gasteiger partial charge in [-0.25, -0.2) is 9.69 Å². The van der Waals surface area contributed by atoms with Crippen LogP contribution in [0.3, 0.4) is 0 Å². The van der Waals surface area contributed by atoms with Crippen molar-refractivity contribution in [3.05, 3.63) is 48.0 Å². The average Bonchev–Trinajstić information content (AvgIpc) is 2.96. The Kier molecular flexibility index (Phi) is 7.00. The molecule has 1 atom stereocenters. The molecule has 0 N–H and O–H groups in total. The van der Waals surface area contributed by atoms with Crippen LogP contribution in [0.4, 0.5) is 4.79 Å². The quantitative estimate of drug-likeness (QED) is 0.540. The van der Waals surface area contributed by atoms with E-state index in [-0.39, 0.29) is 24.5 Å². The first kappa shape index (κ1) is 18.2. The number of rotatable bonds is 8. The maximum Gasteiger partial charge on any atom is 0.417 e. The van der Waals surface area contributed by atoms with E-state index in [9.17, 15) is 9.59 Å². The molecule has 2 rings (SSSR count). The number of amides is 2. The normalized spacial score (nSPS) is 17.7. The molecule has 0 radical (unpaired) electrons. The van der Waals surface area contributed by atoms with Crippen molar-refractivity contribution in [1.29, 1.82) is 0 Å². The highest BCUT2D eigenvalue weighted by atomic mass is 16.6. The van der Waals surface area contributed by atoms with Crippen molar-refractivity contribution in [3.63, 3.8) is 0 Å². The Labute approximate surface area is 143 Å². The van der Waals surface area contributed by atoms with Crippen LogP contribution in [0.5, 0.6) is 0 Å². The molecule has 130 valence electrons. The minimum atomic E-state index is -0.547. The van der Waals surface area contributed by atoms with Gasteiger partial charge in [-0.1, -0.05) is 50.3 Å². The van der Waals surface area contributed by atoms with Crippen LogP contribution >= 0.6 is 0 Å². The highest BCUT2D eigenvalue weighted by molar-refractivity contribution is 5.99. The predicted octanol–water partition coefficient (Wildman–Crippen LogP) is 3.54. The molecule has 0 aromatic heterocycles. The number of unbranched alkanes of at least 4 members (excludes halogenated alkanes) is 1. The standard InChI is InChI=1S/C19H25NO4/c1-15(2)17-14-24-19(22)20(17)18(21)11-7-4-8-12-23-13-16-9-5-3-6-10-16/h3,5-7,9-11,15,17H,4,8,12-14H2,1-2H3/b11-7+/t17-/m1/s1. The lowest BCUT2D eigenvalue weighted by Gasteiger charge is -2.20. The van der Waals surface area contributed by atoms with E-state index < -0.39 is 6.09 Å². The number of hydrogen-bond acceptors (Lipinski definition) is 4. The summed E-state index contributed by atoms with van der Waals surface area (Å²) in [7, 11) is 0. The maximum atomic E-state index is 12.2. The van der Waals surface area contributed by atoms with E-state index in [1.54, 1.807) is 6.08 Å². The molecule has 1 fully saturated rings. The first-order valence-electron chi connectivity index (χ1n) is 8.37. The predicted molar refractivity (Wildman–Crippen MR) is 91.3 cm³/mol. The molecule has 5 heteroatoms. The molecular formula is C19H25NO4. The van der Waals surface area contributed by atoms with Crippen molar-refractivity contribution < 1.29 is 19.1 Å². The number of carbonyl (C=O) groups is 2. The first-order valence-corrected chi connectivity index (χ1v) is 8.37. The smallest absolute Gasteiger partial charge is 0.417 e. The molecule has 1 aliphatic heterocycles. The zero-order valence-electron chi connectivity index (χ0n) is 14.3. The highest BCUT2D eigenvalue weighted by Crippen LogP contribution is 2.19. The van der Waals surface area contributed by atoms with Crippen molar-refractivity contribution in [3.8, 4) is 0 Å². The van der Waals surface area contributed by atoms with Crippen LogP contribution in [0.25, 0.3) is 0 Å². The fourth-order valence-corrected chi connectivity index (χ4v) is 2.51. The van der Waals surface area contributed by atoms with Gasteiger partial charge in [0.15, 0.2) is 0 Å². The van der Waals surface area contributed by atoms with E-state index in [4.69, 9.17) is 9.47 Å². The lowest BCUT2D eigenvalue weighted by Crippen LogP contribution is -2.40. The number of carbonyl (C=O) groups excluding carboxylic acids is 2. The Hall–Kier alpha value is -2.14. The van der Waals surface area contributed by atoms with Crippen LogP contribution in [0, 0.1) is 5.92 Å². The van der Waals surface area contributed by atoms with Crippen molar-refractivity contribution in [2.45, 2.75) is 39.3 Å². The summed E-state index contributed by atoms with van der Waals surface area (Å²) >= 11 is 0. The number of cyclic esters (lactones) is 1. The molecule has 1 saturated heterocycles. The second-order valence-corrected chi connectivity index (χ2v) is 6.18. The van der Waals surface area contributed by atoms with Gasteiger partial charge in [0.2, 0.25) is 0 Å². The highest BCUT2D eigenvalue weighted by Gasteiger charge is 2.38. The molecule has 5 nitrogen and oxygen atoms in total. The van der Waals surface area contributed by atoms with Gasteiger partial charge in [0, 0.05) is 6.61 Å². The van der Waals surface area contributed by atoms with Crippen LogP contribution < -0.4 is 0 Å². The fourth-order valence-electron chi connectivity index (χ4n) is 2.51. The topological polar surface area (TPSA) is 55.8 Å². The van der Waals surface area contributed by atoms with E-state index in [0.717, 1.165) is 18.4 Å². The van der Waals surface area contributed by atoms with Crippen molar-refractivity contribution >= 4 is 12.0 Å². The molecule has 0 unspecified atom stereocenters. The third-order valence-corrected chi connectivity index (χ3v) is 3.94. The van der Waals surface area contributed by atoms with Crippen molar-refractivity contribution in [1.82, 2.24) is 4.90 Å². The van der Waals surface area contributed by atoms with Gasteiger partial charge in [-0.15, -0.1) is 0 Å². The zero-order valence-corrected chi connectivity index (χ0v) is 14.3. The lowest BCUT2D eigenvalue weighted by molar-refractivity contribution is -0.124. The lowest BCUT2D eigenvalue weighted by atomic mass is 10.0. The van der Waals surface area contributed by atoms with Crippen molar-refractivity contribution in [2.75, 3.05) is 13.2 Å². The van der Waals surface area contributed by atoms with E-state index in [0.29, 0.717) is 13.2 Å². The Morgan fingerprint density at radius 2 is 2.12 bits per heavy atom. The van der Waals surface area contributed by atoms with Gasteiger partial charge in [0.05, 0.1) is 12.6 Å². The molecule has 1 aromatic rings. The molecule has 0 spiro atoms. The van der Waals surface area contributed by atoms with E-state index >= 15 is 0 Å². The van der Waals surface area contributed by atoms with E-state index in [1.165, 1.54) is 11.0 Å². The monoisotopic (exact) mass is 331 g/mol. The maximum absolute atomic E-state index is 12.2. The number of allylic oxidation sites excluding steroid dienone is 1. The van der Waals surface area contributed by atoms with Gasteiger partial charge in [-0.05, 0) is 30.4 Å². The first-order chi connectivity index (χ1) is 11.6. The second kappa shape index (κ2) is 9.23. The average molecular weight is 331 g/mol. The van der Waals surface area contributed by atoms with Gasteiger partial charge in [-0.3, -0.25) is 4.79 Å². The number of nitrogens with zero attached hydrogens (tertiary/aromatic N) is 1. The third-order valence-electron chi connectivity index (χ3n) is 3.94. The molecule has 24 heavy (non-hydrogen) atoms. The Morgan fingerprint density at radius 1 is 1.38 bits per heavy atom. The number of hydrogen-bond donors (Lipinski definition) is 0. The summed E-state index contributed by atoms with van der Waals surface area (Å²) in [6.45, 7) is 5.46. The van der Waals surface area contributed by atoms with Gasteiger partial charge >= 0.3 is 6.09 Å². The molecule has 1 heterocycles. The summed E-state index contributed by atoms with van der Waals surface area (Å²) in [5.74, 6) is -0.124. The summed E-state index contributed by atoms with van der Waals surface area (Å²) in [4.78, 5) is 25.0. The number of ether oxygens (including phenoxy) is 2. The van der Waals surface area contributed by atoms with Crippen LogP contribution in [0.15, 0.2) is 42.5 Å². The van der Waals surface area contributed by atoms with Gasteiger partial charge in [0.1, 0.15) is 6.61 Å². The van der Waals surface area contributed by atoms with Gasteiger partial charge < -0.3 is 9.47 Å². The SMILES string of the molecule is CC(C)[C@H]1COC(=O)N1C(=O)/C=C/CCCOCc1ccccc1. The van der Waals surface area contributed by atoms with E-state index in [1.807, 2.05) is 44.2 Å².